The highest BCUT2D eigenvalue weighted by Gasteiger charge is 2.35. The van der Waals surface area contributed by atoms with Gasteiger partial charge in [-0.05, 0) is 90.8 Å². The maximum absolute atomic E-state index is 15.6. The molecule has 5 heteroatoms. The first-order valence-electron chi connectivity index (χ1n) is 12.7. The zero-order valence-corrected chi connectivity index (χ0v) is 21.4. The van der Waals surface area contributed by atoms with E-state index >= 15 is 4.39 Å². The van der Waals surface area contributed by atoms with E-state index in [0.29, 0.717) is 17.0 Å². The average molecular weight is 488 g/mol. The Balaban J connectivity index is 0.00000148. The lowest BCUT2D eigenvalue weighted by Gasteiger charge is -2.44. The van der Waals surface area contributed by atoms with Gasteiger partial charge in [-0.2, -0.15) is 0 Å². The Kier molecular flexibility index (Phi) is 7.78. The second-order valence-electron chi connectivity index (χ2n) is 9.25. The van der Waals surface area contributed by atoms with Crippen LogP contribution in [0, 0.1) is 5.82 Å². The Morgan fingerprint density at radius 2 is 1.72 bits per heavy atom. The number of fused-ring (bicyclic) bond motifs is 1. The van der Waals surface area contributed by atoms with E-state index in [4.69, 9.17) is 0 Å². The van der Waals surface area contributed by atoms with Crippen LogP contribution >= 0.6 is 0 Å². The van der Waals surface area contributed by atoms with E-state index in [1.165, 1.54) is 37.7 Å². The van der Waals surface area contributed by atoms with Crippen molar-refractivity contribution in [2.75, 3.05) is 12.0 Å². The minimum absolute atomic E-state index is 0.101. The highest BCUT2D eigenvalue weighted by molar-refractivity contribution is 5.86. The summed E-state index contributed by atoms with van der Waals surface area (Å²) in [6.07, 6.45) is 6.08. The van der Waals surface area contributed by atoms with E-state index in [9.17, 15) is 9.90 Å². The van der Waals surface area contributed by atoms with Crippen molar-refractivity contribution in [3.63, 3.8) is 0 Å². The summed E-state index contributed by atoms with van der Waals surface area (Å²) in [7, 11) is 1.31. The topological polar surface area (TPSA) is 49.8 Å². The predicted octanol–water partition coefficient (Wildman–Crippen LogP) is 7.16. The van der Waals surface area contributed by atoms with E-state index in [-0.39, 0.29) is 23.7 Å². The molecule has 0 aromatic heterocycles. The van der Waals surface area contributed by atoms with Crippen molar-refractivity contribution in [2.24, 2.45) is 0 Å². The number of nitrogens with zero attached hydrogens (tertiary/aromatic N) is 1. The van der Waals surface area contributed by atoms with Crippen LogP contribution in [0.15, 0.2) is 66.7 Å². The van der Waals surface area contributed by atoms with Crippen LogP contribution in [0.2, 0.25) is 0 Å². The van der Waals surface area contributed by atoms with Gasteiger partial charge in [-0.15, -0.1) is 0 Å². The summed E-state index contributed by atoms with van der Waals surface area (Å²) >= 11 is 0. The number of carbonyl (C=O) groups is 1. The van der Waals surface area contributed by atoms with Crippen molar-refractivity contribution in [1.29, 1.82) is 0 Å². The summed E-state index contributed by atoms with van der Waals surface area (Å²) in [5.74, 6) is 0.0657. The zero-order chi connectivity index (χ0) is 25.8. The number of phenolic OH excluding ortho intramolecular Hbond substituents is 1. The van der Waals surface area contributed by atoms with Crippen molar-refractivity contribution in [3.05, 3.63) is 100 Å². The fraction of sp³-hybridized carbons (Fsp3) is 0.323. The molecule has 0 bridgehead atoms. The number of benzene rings is 3. The molecule has 2 aliphatic rings. The van der Waals surface area contributed by atoms with Gasteiger partial charge in [-0.25, -0.2) is 9.18 Å². The van der Waals surface area contributed by atoms with Crippen molar-refractivity contribution in [3.8, 4) is 5.75 Å². The Labute approximate surface area is 213 Å². The minimum Gasteiger partial charge on any atom is -0.508 e. The number of anilines is 1. The number of halogens is 1. The Morgan fingerprint density at radius 1 is 1.03 bits per heavy atom. The normalized spacial score (nSPS) is 18.9. The Hall–Kier alpha value is -3.60. The SMILES string of the molecule is CC.COC(=O)/C=C/c1ccc(C2c3ccc(O)cc3CC(C)N2c2ccc(C3CC3)cc2)c(F)c1. The highest BCUT2D eigenvalue weighted by atomic mass is 19.1. The molecule has 36 heavy (non-hydrogen) atoms. The summed E-state index contributed by atoms with van der Waals surface area (Å²) < 4.78 is 20.2. The van der Waals surface area contributed by atoms with Gasteiger partial charge in [0.15, 0.2) is 0 Å². The van der Waals surface area contributed by atoms with Gasteiger partial charge in [0.25, 0.3) is 0 Å². The van der Waals surface area contributed by atoms with Crippen LogP contribution in [0.5, 0.6) is 5.75 Å². The third-order valence-electron chi connectivity index (χ3n) is 6.86. The van der Waals surface area contributed by atoms with Gasteiger partial charge in [-0.1, -0.05) is 44.2 Å². The molecule has 0 radical (unpaired) electrons. The number of aromatic hydroxyl groups is 1. The summed E-state index contributed by atoms with van der Waals surface area (Å²) in [6, 6.07) is 18.8. The quantitative estimate of drug-likeness (QED) is 0.306. The highest BCUT2D eigenvalue weighted by Crippen LogP contribution is 2.44. The molecule has 0 spiro atoms. The standard InChI is InChI=1S/C29H28FNO3.C2H6/c1-18-15-22-17-24(32)11-13-25(22)29(31(18)23-9-7-21(8-10-23)20-5-6-20)26-12-3-19(16-27(26)30)4-14-28(33)34-2;1-2/h3-4,7-14,16-18,20,29,32H,5-6,15H2,1-2H3;1-2H3/b14-4+;. The Morgan fingerprint density at radius 3 is 2.36 bits per heavy atom. The van der Waals surface area contributed by atoms with Crippen molar-refractivity contribution in [2.45, 2.75) is 58.0 Å². The van der Waals surface area contributed by atoms with E-state index in [0.717, 1.165) is 23.2 Å². The van der Waals surface area contributed by atoms with Crippen molar-refractivity contribution >= 4 is 17.7 Å². The van der Waals surface area contributed by atoms with E-state index in [2.05, 4.69) is 40.8 Å². The van der Waals surface area contributed by atoms with Crippen molar-refractivity contribution < 1.29 is 19.0 Å². The third-order valence-corrected chi connectivity index (χ3v) is 6.86. The maximum atomic E-state index is 15.6. The minimum atomic E-state index is -0.486. The van der Waals surface area contributed by atoms with Gasteiger partial charge < -0.3 is 14.7 Å². The van der Waals surface area contributed by atoms with Gasteiger partial charge in [-0.3, -0.25) is 0 Å². The molecular formula is C31H34FNO3. The number of esters is 1. The van der Waals surface area contributed by atoms with Gasteiger partial charge in [0.2, 0.25) is 0 Å². The van der Waals surface area contributed by atoms with Crippen LogP contribution in [-0.4, -0.2) is 24.2 Å². The molecule has 5 rings (SSSR count). The zero-order valence-electron chi connectivity index (χ0n) is 21.4. The molecule has 1 aliphatic carbocycles. The largest absolute Gasteiger partial charge is 0.508 e. The molecule has 1 aliphatic heterocycles. The fourth-order valence-electron chi connectivity index (χ4n) is 5.01. The number of hydrogen-bond donors (Lipinski definition) is 1. The molecule has 2 atom stereocenters. The smallest absolute Gasteiger partial charge is 0.330 e. The van der Waals surface area contributed by atoms with Crippen LogP contribution in [0.4, 0.5) is 10.1 Å². The lowest BCUT2D eigenvalue weighted by atomic mass is 9.84. The first-order chi connectivity index (χ1) is 17.4. The molecule has 1 fully saturated rings. The predicted molar refractivity (Wildman–Crippen MR) is 143 cm³/mol. The summed E-state index contributed by atoms with van der Waals surface area (Å²) in [4.78, 5) is 13.7. The third kappa shape index (κ3) is 5.30. The van der Waals surface area contributed by atoms with Crippen LogP contribution in [-0.2, 0) is 16.0 Å². The van der Waals surface area contributed by atoms with Crippen LogP contribution in [0.25, 0.3) is 6.08 Å². The van der Waals surface area contributed by atoms with Gasteiger partial charge in [0.1, 0.15) is 11.6 Å². The van der Waals surface area contributed by atoms with Gasteiger partial charge in [0, 0.05) is 23.4 Å². The molecule has 0 amide bonds. The number of carbonyl (C=O) groups excluding carboxylic acids is 1. The monoisotopic (exact) mass is 487 g/mol. The van der Waals surface area contributed by atoms with Crippen molar-refractivity contribution in [1.82, 2.24) is 0 Å². The second-order valence-corrected chi connectivity index (χ2v) is 9.25. The molecule has 188 valence electrons. The summed E-state index contributed by atoms with van der Waals surface area (Å²) in [5.41, 5.74) is 5.57. The molecule has 3 aromatic carbocycles. The molecular weight excluding hydrogens is 453 g/mol. The van der Waals surface area contributed by atoms with Crippen LogP contribution in [0.3, 0.4) is 0 Å². The van der Waals surface area contributed by atoms with Gasteiger partial charge in [0.05, 0.1) is 13.2 Å². The second kappa shape index (κ2) is 11.0. The number of ether oxygens (including phenoxy) is 1. The number of rotatable bonds is 5. The molecule has 3 aromatic rings. The van der Waals surface area contributed by atoms with Crippen LogP contribution < -0.4 is 4.90 Å². The Bertz CT molecular complexity index is 1250. The van der Waals surface area contributed by atoms with E-state index in [1.807, 2.05) is 26.0 Å². The first kappa shape index (κ1) is 25.5. The van der Waals surface area contributed by atoms with E-state index in [1.54, 1.807) is 24.3 Å². The average Bonchev–Trinajstić information content (AvgIpc) is 3.74. The summed E-state index contributed by atoms with van der Waals surface area (Å²) in [6.45, 7) is 6.14. The lowest BCUT2D eigenvalue weighted by molar-refractivity contribution is -0.134. The molecule has 1 heterocycles. The van der Waals surface area contributed by atoms with E-state index < -0.39 is 5.97 Å². The number of hydrogen-bond acceptors (Lipinski definition) is 4. The lowest BCUT2D eigenvalue weighted by Crippen LogP contribution is -2.43. The molecule has 2 unspecified atom stereocenters. The summed E-state index contributed by atoms with van der Waals surface area (Å²) in [5, 5.41) is 10.1. The molecule has 4 nitrogen and oxygen atoms in total. The number of methoxy groups -OCH3 is 1. The maximum Gasteiger partial charge on any atom is 0.330 e. The molecule has 1 saturated carbocycles. The fourth-order valence-corrected chi connectivity index (χ4v) is 5.01. The number of phenols is 1. The first-order valence-corrected chi connectivity index (χ1v) is 12.7. The van der Waals surface area contributed by atoms with Crippen LogP contribution in [0.1, 0.15) is 73.4 Å². The molecule has 1 N–H and O–H groups in total. The molecule has 0 saturated heterocycles. The van der Waals surface area contributed by atoms with Gasteiger partial charge >= 0.3 is 5.97 Å².